The van der Waals surface area contributed by atoms with Crippen molar-refractivity contribution in [3.05, 3.63) is 120 Å². The fourth-order valence-corrected chi connectivity index (χ4v) is 6.05. The normalized spacial score (nSPS) is 14.1. The number of benzene rings is 4. The number of hydrogen-bond donors (Lipinski definition) is 0. The Labute approximate surface area is 208 Å². The van der Waals surface area contributed by atoms with Crippen LogP contribution >= 0.6 is 23.5 Å². The molecule has 0 saturated carbocycles. The summed E-state index contributed by atoms with van der Waals surface area (Å²) in [7, 11) is 3.37. The Hall–Kier alpha value is -3.41. The summed E-state index contributed by atoms with van der Waals surface area (Å²) in [6, 6.07) is 35.3. The van der Waals surface area contributed by atoms with Crippen molar-refractivity contribution >= 4 is 44.1 Å². The van der Waals surface area contributed by atoms with Gasteiger partial charge in [0, 0.05) is 20.9 Å². The summed E-state index contributed by atoms with van der Waals surface area (Å²) in [6.07, 6.45) is 0. The highest BCUT2D eigenvalue weighted by atomic mass is 32.2. The number of nitrogens with zero attached hydrogens (tertiary/aromatic N) is 1. The Morgan fingerprint density at radius 3 is 1.94 bits per heavy atom. The molecule has 0 aliphatic carbocycles. The van der Waals surface area contributed by atoms with Crippen molar-refractivity contribution < 1.29 is 9.47 Å². The van der Waals surface area contributed by atoms with Crippen LogP contribution in [0, 0.1) is 0 Å². The minimum Gasteiger partial charge on any atom is -0.497 e. The quantitative estimate of drug-likeness (QED) is 0.288. The van der Waals surface area contributed by atoms with Crippen LogP contribution in [0.2, 0.25) is 0 Å². The summed E-state index contributed by atoms with van der Waals surface area (Å²) in [4.78, 5) is 7.30. The number of para-hydroxylation sites is 1. The molecular weight excluding hydrogens is 458 g/mol. The molecule has 168 valence electrons. The zero-order valence-corrected chi connectivity index (χ0v) is 20.5. The highest BCUT2D eigenvalue weighted by molar-refractivity contribution is 8.42. The minimum atomic E-state index is 0.843. The molecule has 0 saturated heterocycles. The van der Waals surface area contributed by atoms with Gasteiger partial charge < -0.3 is 9.47 Å². The molecule has 5 rings (SSSR count). The molecule has 4 aromatic rings. The molecule has 4 aromatic carbocycles. The lowest BCUT2D eigenvalue weighted by molar-refractivity contribution is 0.414. The maximum absolute atomic E-state index is 5.40. The number of thioether (sulfide) groups is 2. The topological polar surface area (TPSA) is 30.8 Å². The van der Waals surface area contributed by atoms with E-state index in [0.717, 1.165) is 37.6 Å². The van der Waals surface area contributed by atoms with Gasteiger partial charge in [0.1, 0.15) is 15.9 Å². The summed E-state index contributed by atoms with van der Waals surface area (Å²) in [6.45, 7) is 0. The molecule has 1 aliphatic rings. The maximum Gasteiger partial charge on any atom is 0.140 e. The SMILES string of the molecule is COc1ccc(SC2=Nc3ccccc3/C(=C(/c3ccccc3)c3ccc(OC)cc3)S2)cc1. The average Bonchev–Trinajstić information content (AvgIpc) is 2.90. The predicted molar refractivity (Wildman–Crippen MR) is 145 cm³/mol. The van der Waals surface area contributed by atoms with Gasteiger partial charge in [-0.15, -0.1) is 0 Å². The van der Waals surface area contributed by atoms with E-state index in [0.29, 0.717) is 0 Å². The van der Waals surface area contributed by atoms with Crippen molar-refractivity contribution in [1.29, 1.82) is 0 Å². The molecule has 0 amide bonds. The van der Waals surface area contributed by atoms with E-state index < -0.39 is 0 Å². The van der Waals surface area contributed by atoms with Gasteiger partial charge >= 0.3 is 0 Å². The van der Waals surface area contributed by atoms with Gasteiger partial charge in [-0.05, 0) is 53.6 Å². The van der Waals surface area contributed by atoms with E-state index in [-0.39, 0.29) is 0 Å². The zero-order chi connectivity index (χ0) is 23.3. The van der Waals surface area contributed by atoms with Crippen molar-refractivity contribution in [3.63, 3.8) is 0 Å². The van der Waals surface area contributed by atoms with Crippen molar-refractivity contribution in [1.82, 2.24) is 0 Å². The Morgan fingerprint density at radius 1 is 0.676 bits per heavy atom. The molecule has 3 nitrogen and oxygen atoms in total. The van der Waals surface area contributed by atoms with Crippen LogP contribution in [0.4, 0.5) is 5.69 Å². The molecule has 1 heterocycles. The first-order chi connectivity index (χ1) is 16.7. The molecule has 5 heteroatoms. The Morgan fingerprint density at radius 2 is 1.26 bits per heavy atom. The molecule has 0 spiro atoms. The van der Waals surface area contributed by atoms with Gasteiger partial charge in [0.2, 0.25) is 0 Å². The molecule has 0 aromatic heterocycles. The third-order valence-corrected chi connectivity index (χ3v) is 7.65. The lowest BCUT2D eigenvalue weighted by Crippen LogP contribution is -2.00. The van der Waals surface area contributed by atoms with E-state index in [4.69, 9.17) is 14.5 Å². The van der Waals surface area contributed by atoms with Gasteiger partial charge in [-0.2, -0.15) is 0 Å². The summed E-state index contributed by atoms with van der Waals surface area (Å²) in [5.41, 5.74) is 5.61. The molecular formula is C29H23NO2S2. The van der Waals surface area contributed by atoms with Crippen LogP contribution in [0.1, 0.15) is 16.7 Å². The number of ether oxygens (including phenoxy) is 2. The first kappa shape index (κ1) is 22.4. The molecule has 34 heavy (non-hydrogen) atoms. The third kappa shape index (κ3) is 4.76. The van der Waals surface area contributed by atoms with Crippen LogP contribution in [-0.2, 0) is 0 Å². The number of fused-ring (bicyclic) bond motifs is 1. The van der Waals surface area contributed by atoms with Crippen LogP contribution < -0.4 is 9.47 Å². The van der Waals surface area contributed by atoms with Crippen molar-refractivity contribution in [2.24, 2.45) is 4.99 Å². The van der Waals surface area contributed by atoms with Crippen LogP contribution in [0.3, 0.4) is 0 Å². The maximum atomic E-state index is 5.40. The smallest absolute Gasteiger partial charge is 0.140 e. The van der Waals surface area contributed by atoms with Crippen LogP contribution in [0.15, 0.2) is 113 Å². The van der Waals surface area contributed by atoms with E-state index >= 15 is 0 Å². The second-order valence-electron chi connectivity index (χ2n) is 7.57. The summed E-state index contributed by atoms with van der Waals surface area (Å²) in [5, 5.41) is 0. The highest BCUT2D eigenvalue weighted by Crippen LogP contribution is 2.49. The van der Waals surface area contributed by atoms with Crippen LogP contribution in [0.5, 0.6) is 11.5 Å². The monoisotopic (exact) mass is 481 g/mol. The van der Waals surface area contributed by atoms with Crippen molar-refractivity contribution in [3.8, 4) is 11.5 Å². The van der Waals surface area contributed by atoms with Crippen LogP contribution in [0.25, 0.3) is 10.5 Å². The average molecular weight is 482 g/mol. The van der Waals surface area contributed by atoms with E-state index in [2.05, 4.69) is 66.7 Å². The minimum absolute atomic E-state index is 0.843. The van der Waals surface area contributed by atoms with Crippen molar-refractivity contribution in [2.45, 2.75) is 4.90 Å². The molecule has 1 aliphatic heterocycles. The molecule has 0 fully saturated rings. The summed E-state index contributed by atoms with van der Waals surface area (Å²) in [5.74, 6) is 1.69. The van der Waals surface area contributed by atoms with Crippen LogP contribution in [-0.4, -0.2) is 18.6 Å². The lowest BCUT2D eigenvalue weighted by Gasteiger charge is -2.22. The van der Waals surface area contributed by atoms with E-state index in [1.165, 1.54) is 16.0 Å². The first-order valence-electron chi connectivity index (χ1n) is 10.9. The Kier molecular flexibility index (Phi) is 6.74. The number of hydrogen-bond acceptors (Lipinski definition) is 5. The lowest BCUT2D eigenvalue weighted by atomic mass is 9.95. The third-order valence-electron chi connectivity index (χ3n) is 5.48. The zero-order valence-electron chi connectivity index (χ0n) is 18.9. The van der Waals surface area contributed by atoms with Gasteiger partial charge in [-0.3, -0.25) is 0 Å². The Balaban J connectivity index is 1.64. The molecule has 0 bridgehead atoms. The predicted octanol–water partition coefficient (Wildman–Crippen LogP) is 8.15. The number of rotatable bonds is 5. The van der Waals surface area contributed by atoms with Gasteiger partial charge in [-0.25, -0.2) is 4.99 Å². The second kappa shape index (κ2) is 10.2. The van der Waals surface area contributed by atoms with E-state index in [9.17, 15) is 0 Å². The van der Waals surface area contributed by atoms with Gasteiger partial charge in [0.15, 0.2) is 0 Å². The second-order valence-corrected chi connectivity index (χ2v) is 9.89. The number of aliphatic imine (C=N–C) groups is 1. The van der Waals surface area contributed by atoms with Crippen molar-refractivity contribution in [2.75, 3.05) is 14.2 Å². The molecule has 0 radical (unpaired) electrons. The summed E-state index contributed by atoms with van der Waals surface area (Å²) >= 11 is 3.38. The highest BCUT2D eigenvalue weighted by Gasteiger charge is 2.23. The fraction of sp³-hybridized carbons (Fsp3) is 0.0690. The van der Waals surface area contributed by atoms with E-state index in [1.807, 2.05) is 36.4 Å². The van der Waals surface area contributed by atoms with E-state index in [1.54, 1.807) is 37.7 Å². The largest absolute Gasteiger partial charge is 0.497 e. The summed E-state index contributed by atoms with van der Waals surface area (Å²) < 4.78 is 11.7. The van der Waals surface area contributed by atoms with Gasteiger partial charge in [-0.1, -0.05) is 84.2 Å². The standard InChI is InChI=1S/C29H23NO2S2/c1-31-22-14-12-21(13-15-22)27(20-8-4-3-5-9-20)28-25-10-6-7-11-26(25)30-29(34-28)33-24-18-16-23(32-2)17-19-24/h3-19H,1-2H3/b28-27+. The fourth-order valence-electron chi connectivity index (χ4n) is 3.79. The van der Waals surface area contributed by atoms with Gasteiger partial charge in [0.25, 0.3) is 0 Å². The Bertz CT molecular complexity index is 1350. The molecule has 0 unspecified atom stereocenters. The molecule has 0 atom stereocenters. The molecule has 0 N–H and O–H groups in total. The number of methoxy groups -OCH3 is 2. The first-order valence-corrected chi connectivity index (χ1v) is 12.5. The van der Waals surface area contributed by atoms with Gasteiger partial charge in [0.05, 0.1) is 19.9 Å².